The van der Waals surface area contributed by atoms with E-state index in [0.29, 0.717) is 16.6 Å². The van der Waals surface area contributed by atoms with Crippen molar-refractivity contribution in [2.24, 2.45) is 4.99 Å². The van der Waals surface area contributed by atoms with Gasteiger partial charge in [0.15, 0.2) is 0 Å². The maximum atomic E-state index is 6.44. The van der Waals surface area contributed by atoms with E-state index in [1.54, 1.807) is 17.4 Å². The number of aromatic nitrogens is 2. The fourth-order valence-electron chi connectivity index (χ4n) is 3.23. The molecule has 0 saturated carbocycles. The van der Waals surface area contributed by atoms with Gasteiger partial charge in [0.05, 0.1) is 39.4 Å². The van der Waals surface area contributed by atoms with Crippen molar-refractivity contribution in [2.45, 2.75) is 6.54 Å². The Morgan fingerprint density at radius 1 is 1.08 bits per heavy atom. The Morgan fingerprint density at radius 2 is 2.00 bits per heavy atom. The molecule has 3 nitrogen and oxygen atoms in total. The van der Waals surface area contributed by atoms with Crippen LogP contribution in [0.1, 0.15) is 16.8 Å². The van der Waals surface area contributed by atoms with Crippen LogP contribution in [-0.2, 0) is 6.54 Å². The third-order valence-corrected chi connectivity index (χ3v) is 5.73. The highest BCUT2D eigenvalue weighted by atomic mass is 35.5. The lowest BCUT2D eigenvalue weighted by Crippen LogP contribution is -2.08. The molecule has 1 aliphatic heterocycles. The molecule has 2 aromatic heterocycles. The molecule has 122 valence electrons. The molecule has 0 saturated heterocycles. The van der Waals surface area contributed by atoms with Crippen LogP contribution in [0.4, 0.5) is 0 Å². The van der Waals surface area contributed by atoms with Crippen LogP contribution in [0, 0.1) is 0 Å². The highest BCUT2D eigenvalue weighted by Gasteiger charge is 2.20. The second-order valence-electron chi connectivity index (χ2n) is 5.85. The smallest absolute Gasteiger partial charge is 0.0891 e. The van der Waals surface area contributed by atoms with Gasteiger partial charge >= 0.3 is 0 Å². The molecule has 6 heteroatoms. The van der Waals surface area contributed by atoms with Crippen molar-refractivity contribution in [1.82, 2.24) is 9.55 Å². The summed E-state index contributed by atoms with van der Waals surface area (Å²) in [5, 5.41) is 1.27. The first-order chi connectivity index (χ1) is 12.2. The molecule has 0 radical (unpaired) electrons. The molecule has 0 fully saturated rings. The van der Waals surface area contributed by atoms with Crippen LogP contribution < -0.4 is 0 Å². The number of fused-ring (bicyclic) bond motifs is 4. The second-order valence-corrected chi connectivity index (χ2v) is 7.58. The van der Waals surface area contributed by atoms with E-state index in [1.807, 2.05) is 29.9 Å². The van der Waals surface area contributed by atoms with E-state index in [4.69, 9.17) is 28.2 Å². The van der Waals surface area contributed by atoms with Crippen molar-refractivity contribution >= 4 is 50.5 Å². The summed E-state index contributed by atoms with van der Waals surface area (Å²) in [7, 11) is 0. The summed E-state index contributed by atoms with van der Waals surface area (Å²) in [4.78, 5) is 9.24. The fourth-order valence-corrected chi connectivity index (χ4v) is 4.48. The van der Waals surface area contributed by atoms with Gasteiger partial charge in [0.2, 0.25) is 0 Å². The van der Waals surface area contributed by atoms with Gasteiger partial charge in [-0.15, -0.1) is 11.3 Å². The third kappa shape index (κ3) is 2.41. The van der Waals surface area contributed by atoms with Gasteiger partial charge in [-0.25, -0.2) is 4.98 Å². The van der Waals surface area contributed by atoms with Crippen LogP contribution in [0.25, 0.3) is 15.9 Å². The SMILES string of the molecule is Clc1cc(Cl)c2c(c1)-n1cccc1C(c1ccc3ncsc3c1)=NC2. The van der Waals surface area contributed by atoms with Crippen molar-refractivity contribution in [3.8, 4) is 5.69 Å². The Kier molecular flexibility index (Phi) is 3.45. The van der Waals surface area contributed by atoms with Crippen LogP contribution >= 0.6 is 34.5 Å². The predicted molar refractivity (Wildman–Crippen MR) is 105 cm³/mol. The summed E-state index contributed by atoms with van der Waals surface area (Å²) >= 11 is 14.3. The zero-order valence-corrected chi connectivity index (χ0v) is 15.2. The molecule has 0 N–H and O–H groups in total. The zero-order valence-electron chi connectivity index (χ0n) is 12.9. The summed E-state index contributed by atoms with van der Waals surface area (Å²) in [6.45, 7) is 0.517. The van der Waals surface area contributed by atoms with Crippen LogP contribution in [0.2, 0.25) is 10.0 Å². The number of halogens is 2. The van der Waals surface area contributed by atoms with Crippen molar-refractivity contribution in [3.63, 3.8) is 0 Å². The van der Waals surface area contributed by atoms with E-state index in [0.717, 1.165) is 38.4 Å². The average Bonchev–Trinajstić information content (AvgIpc) is 3.22. The van der Waals surface area contributed by atoms with Crippen molar-refractivity contribution in [1.29, 1.82) is 0 Å². The van der Waals surface area contributed by atoms with Crippen LogP contribution in [-0.4, -0.2) is 15.3 Å². The minimum atomic E-state index is 0.517. The quantitative estimate of drug-likeness (QED) is 0.411. The zero-order chi connectivity index (χ0) is 17.0. The van der Waals surface area contributed by atoms with E-state index in [1.165, 1.54) is 0 Å². The first kappa shape index (κ1) is 15.1. The molecule has 0 atom stereocenters. The molecule has 4 aromatic rings. The molecular weight excluding hydrogens is 373 g/mol. The maximum absolute atomic E-state index is 6.44. The monoisotopic (exact) mass is 383 g/mol. The van der Waals surface area contributed by atoms with E-state index in [-0.39, 0.29) is 0 Å². The molecule has 0 bridgehead atoms. The van der Waals surface area contributed by atoms with Gasteiger partial charge in [-0.2, -0.15) is 0 Å². The summed E-state index contributed by atoms with van der Waals surface area (Å²) in [5.41, 5.74) is 7.89. The molecule has 3 heterocycles. The molecule has 0 spiro atoms. The molecule has 25 heavy (non-hydrogen) atoms. The fraction of sp³-hybridized carbons (Fsp3) is 0.0526. The van der Waals surface area contributed by atoms with Crippen LogP contribution in [0.15, 0.2) is 59.2 Å². The Balaban J connectivity index is 1.74. The second kappa shape index (κ2) is 5.70. The number of hydrogen-bond acceptors (Lipinski definition) is 3. The van der Waals surface area contributed by atoms with Crippen molar-refractivity contribution < 1.29 is 0 Å². The van der Waals surface area contributed by atoms with E-state index in [9.17, 15) is 0 Å². The van der Waals surface area contributed by atoms with Gasteiger partial charge < -0.3 is 4.57 Å². The van der Waals surface area contributed by atoms with Crippen molar-refractivity contribution in [3.05, 3.63) is 81.0 Å². The minimum Gasteiger partial charge on any atom is -0.315 e. The van der Waals surface area contributed by atoms with Gasteiger partial charge in [0, 0.05) is 27.4 Å². The molecule has 0 amide bonds. The molecular formula is C19H11Cl2N3S. The lowest BCUT2D eigenvalue weighted by molar-refractivity contribution is 1.02. The summed E-state index contributed by atoms with van der Waals surface area (Å²) in [6, 6.07) is 14.1. The highest BCUT2D eigenvalue weighted by Crippen LogP contribution is 2.33. The van der Waals surface area contributed by atoms with Gasteiger partial charge in [-0.05, 0) is 36.4 Å². The van der Waals surface area contributed by atoms with Crippen LogP contribution in [0.3, 0.4) is 0 Å². The Hall–Kier alpha value is -2.14. The molecule has 2 aromatic carbocycles. The lowest BCUT2D eigenvalue weighted by atomic mass is 10.1. The number of nitrogens with zero attached hydrogens (tertiary/aromatic N) is 3. The third-order valence-electron chi connectivity index (χ3n) is 4.39. The number of benzene rings is 2. The Morgan fingerprint density at radius 3 is 2.92 bits per heavy atom. The lowest BCUT2D eigenvalue weighted by Gasteiger charge is -2.12. The standard InChI is InChI=1S/C19H11Cl2N3S/c20-12-7-14(21)13-9-22-19(16-2-1-5-24(16)17(13)8-12)11-3-4-15-18(6-11)25-10-23-15/h1-8,10H,9H2. The summed E-state index contributed by atoms with van der Waals surface area (Å²) in [6.07, 6.45) is 2.02. The number of hydrogen-bond donors (Lipinski definition) is 0. The molecule has 5 rings (SSSR count). The summed E-state index contributed by atoms with van der Waals surface area (Å²) in [5.74, 6) is 0. The van der Waals surface area contributed by atoms with Gasteiger partial charge in [0.1, 0.15) is 0 Å². The number of aliphatic imine (C=N–C) groups is 1. The highest BCUT2D eigenvalue weighted by molar-refractivity contribution is 7.16. The van der Waals surface area contributed by atoms with E-state index < -0.39 is 0 Å². The minimum absolute atomic E-state index is 0.517. The first-order valence-electron chi connectivity index (χ1n) is 7.75. The number of thiazole rings is 1. The topological polar surface area (TPSA) is 30.2 Å². The van der Waals surface area contributed by atoms with E-state index >= 15 is 0 Å². The average molecular weight is 384 g/mol. The maximum Gasteiger partial charge on any atom is 0.0891 e. The van der Waals surface area contributed by atoms with Crippen molar-refractivity contribution in [2.75, 3.05) is 0 Å². The largest absolute Gasteiger partial charge is 0.315 e. The van der Waals surface area contributed by atoms with Gasteiger partial charge in [0.25, 0.3) is 0 Å². The van der Waals surface area contributed by atoms with E-state index in [2.05, 4.69) is 27.8 Å². The first-order valence-corrected chi connectivity index (χ1v) is 9.38. The molecule has 0 aliphatic carbocycles. The molecule has 0 unspecified atom stereocenters. The molecule has 1 aliphatic rings. The summed E-state index contributed by atoms with van der Waals surface area (Å²) < 4.78 is 3.26. The number of rotatable bonds is 1. The predicted octanol–water partition coefficient (Wildman–Crippen LogP) is 5.74. The normalized spacial score (nSPS) is 13.3. The van der Waals surface area contributed by atoms with Gasteiger partial charge in [-0.1, -0.05) is 29.3 Å². The Labute approximate surface area is 158 Å². The Bertz CT molecular complexity index is 1160. The van der Waals surface area contributed by atoms with Crippen LogP contribution in [0.5, 0.6) is 0 Å². The van der Waals surface area contributed by atoms with Gasteiger partial charge in [-0.3, -0.25) is 4.99 Å².